The molecule has 0 spiro atoms. The number of nitrogens with zero attached hydrogens (tertiary/aromatic N) is 3. The molecule has 2 N–H and O–H groups in total. The number of rotatable bonds is 5. The molecule has 4 amide bonds. The van der Waals surface area contributed by atoms with Crippen LogP contribution in [-0.2, 0) is 32.0 Å². The molecular weight excluding hydrogens is 530 g/mol. The Kier molecular flexibility index (Phi) is 6.50. The summed E-state index contributed by atoms with van der Waals surface area (Å²) in [5.74, 6) is -1.81. The molecule has 2 aromatic carbocycles. The molecule has 216 valence electrons. The summed E-state index contributed by atoms with van der Waals surface area (Å²) >= 11 is 0. The molecule has 3 aromatic rings. The van der Waals surface area contributed by atoms with Crippen molar-refractivity contribution in [2.45, 2.75) is 56.8 Å². The quantitative estimate of drug-likeness (QED) is 0.495. The van der Waals surface area contributed by atoms with Crippen molar-refractivity contribution in [3.8, 4) is 0 Å². The molecule has 0 radical (unpaired) electrons. The van der Waals surface area contributed by atoms with Gasteiger partial charge in [0.05, 0.1) is 5.92 Å². The number of imide groups is 1. The Morgan fingerprint density at radius 2 is 1.86 bits per heavy atom. The van der Waals surface area contributed by atoms with E-state index in [1.54, 1.807) is 11.8 Å². The van der Waals surface area contributed by atoms with E-state index in [9.17, 15) is 19.2 Å². The molecule has 2 fully saturated rings. The largest absolute Gasteiger partial charge is 0.361 e. The molecule has 3 aliphatic heterocycles. The summed E-state index contributed by atoms with van der Waals surface area (Å²) in [4.78, 5) is 63.1. The van der Waals surface area contributed by atoms with Crippen molar-refractivity contribution in [1.82, 2.24) is 25.0 Å². The second kappa shape index (κ2) is 10.2. The van der Waals surface area contributed by atoms with Crippen molar-refractivity contribution in [1.29, 1.82) is 0 Å². The Labute approximate surface area is 244 Å². The molecule has 4 aliphatic rings. The molecule has 0 bridgehead atoms. The van der Waals surface area contributed by atoms with E-state index in [4.69, 9.17) is 0 Å². The third-order valence-corrected chi connectivity index (χ3v) is 9.50. The normalized spacial score (nSPS) is 26.1. The Morgan fingerprint density at radius 3 is 2.67 bits per heavy atom. The van der Waals surface area contributed by atoms with Crippen LogP contribution in [0, 0.1) is 5.92 Å². The van der Waals surface area contributed by atoms with E-state index < -0.39 is 30.0 Å². The first kappa shape index (κ1) is 26.6. The number of aromatic amines is 1. The SMILES string of the molecule is CC(NC(=O)C1C=C2c3cccc4[nH]cc(c34)CC2N(C)C1)C(=O)N1C(=O)C2CCCN2C(=O)C1Cc1ccccc1. The lowest BCUT2D eigenvalue weighted by atomic mass is 9.80. The van der Waals surface area contributed by atoms with Gasteiger partial charge in [0.1, 0.15) is 18.1 Å². The van der Waals surface area contributed by atoms with E-state index >= 15 is 0 Å². The van der Waals surface area contributed by atoms with Gasteiger partial charge in [0.25, 0.3) is 11.8 Å². The smallest absolute Gasteiger partial charge is 0.252 e. The summed E-state index contributed by atoms with van der Waals surface area (Å²) in [5.41, 5.74) is 5.50. The monoisotopic (exact) mass is 565 g/mol. The summed E-state index contributed by atoms with van der Waals surface area (Å²) in [6, 6.07) is 13.3. The van der Waals surface area contributed by atoms with Crippen LogP contribution in [0.4, 0.5) is 0 Å². The number of hydrogen-bond donors (Lipinski definition) is 2. The van der Waals surface area contributed by atoms with Crippen molar-refractivity contribution < 1.29 is 19.2 Å². The minimum Gasteiger partial charge on any atom is -0.361 e. The first-order chi connectivity index (χ1) is 20.3. The highest BCUT2D eigenvalue weighted by Crippen LogP contribution is 2.40. The number of carbonyl (C=O) groups excluding carboxylic acids is 4. The second-order valence-electron chi connectivity index (χ2n) is 12.1. The Hall–Kier alpha value is -4.24. The van der Waals surface area contributed by atoms with Gasteiger partial charge in [0.15, 0.2) is 0 Å². The number of piperazine rings is 1. The highest BCUT2D eigenvalue weighted by Gasteiger charge is 2.51. The van der Waals surface area contributed by atoms with E-state index in [1.807, 2.05) is 49.5 Å². The van der Waals surface area contributed by atoms with Crippen molar-refractivity contribution in [2.24, 2.45) is 5.92 Å². The van der Waals surface area contributed by atoms with Gasteiger partial charge in [-0.3, -0.25) is 29.0 Å². The van der Waals surface area contributed by atoms with Gasteiger partial charge in [0, 0.05) is 42.7 Å². The Morgan fingerprint density at radius 1 is 1.05 bits per heavy atom. The fourth-order valence-corrected chi connectivity index (χ4v) is 7.39. The molecule has 9 heteroatoms. The molecular formula is C33H35N5O4. The van der Waals surface area contributed by atoms with Crippen LogP contribution in [0.5, 0.6) is 0 Å². The molecule has 5 atom stereocenters. The zero-order valence-electron chi connectivity index (χ0n) is 23.9. The maximum absolute atomic E-state index is 13.9. The lowest BCUT2D eigenvalue weighted by molar-refractivity contribution is -0.166. The molecule has 9 nitrogen and oxygen atoms in total. The summed E-state index contributed by atoms with van der Waals surface area (Å²) < 4.78 is 0. The molecule has 4 heterocycles. The molecule has 5 unspecified atom stereocenters. The number of likely N-dealkylation sites (N-methyl/N-ethyl adjacent to an activating group) is 1. The zero-order chi connectivity index (χ0) is 29.1. The van der Waals surface area contributed by atoms with Crippen LogP contribution in [-0.4, -0.2) is 87.6 Å². The summed E-state index contributed by atoms with van der Waals surface area (Å²) in [6.07, 6.45) is 6.52. The van der Waals surface area contributed by atoms with Gasteiger partial charge in [0.2, 0.25) is 11.8 Å². The summed E-state index contributed by atoms with van der Waals surface area (Å²) in [5, 5.41) is 4.10. The predicted octanol–water partition coefficient (Wildman–Crippen LogP) is 2.51. The van der Waals surface area contributed by atoms with E-state index in [0.717, 1.165) is 40.0 Å². The third-order valence-electron chi connectivity index (χ3n) is 9.50. The maximum atomic E-state index is 13.9. The van der Waals surface area contributed by atoms with Crippen LogP contribution >= 0.6 is 0 Å². The molecule has 0 saturated carbocycles. The number of amides is 4. The summed E-state index contributed by atoms with van der Waals surface area (Å²) in [6.45, 7) is 2.65. The Bertz CT molecular complexity index is 1630. The average molecular weight is 566 g/mol. The number of hydrogen-bond acceptors (Lipinski definition) is 5. The van der Waals surface area contributed by atoms with Crippen molar-refractivity contribution in [3.05, 3.63) is 77.5 Å². The van der Waals surface area contributed by atoms with Gasteiger partial charge < -0.3 is 15.2 Å². The van der Waals surface area contributed by atoms with Crippen molar-refractivity contribution in [2.75, 3.05) is 20.1 Å². The average Bonchev–Trinajstić information content (AvgIpc) is 3.66. The molecule has 7 rings (SSSR count). The maximum Gasteiger partial charge on any atom is 0.252 e. The third kappa shape index (κ3) is 4.26. The predicted molar refractivity (Wildman–Crippen MR) is 158 cm³/mol. The van der Waals surface area contributed by atoms with Gasteiger partial charge in [-0.25, -0.2) is 0 Å². The van der Waals surface area contributed by atoms with E-state index in [1.165, 1.54) is 10.9 Å². The van der Waals surface area contributed by atoms with Gasteiger partial charge in [-0.15, -0.1) is 0 Å². The van der Waals surface area contributed by atoms with Gasteiger partial charge in [-0.2, -0.15) is 0 Å². The molecule has 2 saturated heterocycles. The van der Waals surface area contributed by atoms with Gasteiger partial charge >= 0.3 is 0 Å². The van der Waals surface area contributed by atoms with Crippen LogP contribution in [0.3, 0.4) is 0 Å². The highest BCUT2D eigenvalue weighted by molar-refractivity contribution is 6.09. The first-order valence-electron chi connectivity index (χ1n) is 14.8. The lowest BCUT2D eigenvalue weighted by Crippen LogP contribution is -2.67. The zero-order valence-corrected chi connectivity index (χ0v) is 23.9. The fourth-order valence-electron chi connectivity index (χ4n) is 7.39. The van der Waals surface area contributed by atoms with Crippen LogP contribution in [0.1, 0.15) is 36.5 Å². The van der Waals surface area contributed by atoms with E-state index in [-0.39, 0.29) is 30.2 Å². The number of benzene rings is 2. The van der Waals surface area contributed by atoms with Crippen molar-refractivity contribution in [3.63, 3.8) is 0 Å². The molecule has 42 heavy (non-hydrogen) atoms. The standard InChI is InChI=1S/C33H35N5O4/c1-19(31(40)38-28(14-20-8-4-3-5-9-20)32(41)37-13-7-12-26(37)33(38)42)35-30(39)22-15-24-23-10-6-11-25-29(23)21(17-34-25)16-27(24)36(2)18-22/h3-6,8-11,15,17,19,22,26-28,34H,7,12-14,16,18H2,1-2H3,(H,35,39). The van der Waals surface area contributed by atoms with Crippen LogP contribution < -0.4 is 5.32 Å². The van der Waals surface area contributed by atoms with Gasteiger partial charge in [-0.05, 0) is 61.6 Å². The van der Waals surface area contributed by atoms with Crippen LogP contribution in [0.25, 0.3) is 16.5 Å². The van der Waals surface area contributed by atoms with Crippen LogP contribution in [0.15, 0.2) is 60.8 Å². The lowest BCUT2D eigenvalue weighted by Gasteiger charge is -2.42. The number of carbonyl (C=O) groups is 4. The van der Waals surface area contributed by atoms with Gasteiger partial charge in [-0.1, -0.05) is 48.5 Å². The van der Waals surface area contributed by atoms with Crippen molar-refractivity contribution >= 4 is 40.1 Å². The second-order valence-corrected chi connectivity index (χ2v) is 12.1. The fraction of sp³-hybridized carbons (Fsp3) is 0.394. The summed E-state index contributed by atoms with van der Waals surface area (Å²) in [7, 11) is 2.03. The van der Waals surface area contributed by atoms with Crippen LogP contribution in [0.2, 0.25) is 0 Å². The minimum atomic E-state index is -0.965. The number of nitrogens with one attached hydrogen (secondary N) is 2. The van der Waals surface area contributed by atoms with E-state index in [0.29, 0.717) is 19.5 Å². The minimum absolute atomic E-state index is 0.173. The number of fused-ring (bicyclic) bond motifs is 3. The highest BCUT2D eigenvalue weighted by atomic mass is 16.2. The van der Waals surface area contributed by atoms with E-state index in [2.05, 4.69) is 33.5 Å². The number of aromatic nitrogens is 1. The first-order valence-corrected chi connectivity index (χ1v) is 14.8. The number of H-pyrrole nitrogens is 1. The molecule has 1 aromatic heterocycles. The Balaban J connectivity index is 1.13. The molecule has 1 aliphatic carbocycles. The topological polar surface area (TPSA) is 106 Å².